The molecule has 0 fully saturated rings. The zero-order chi connectivity index (χ0) is 13.8. The molecule has 0 atom stereocenters. The van der Waals surface area contributed by atoms with E-state index in [2.05, 4.69) is 15.3 Å². The summed E-state index contributed by atoms with van der Waals surface area (Å²) < 4.78 is 13.3. The average Bonchev–Trinajstić information content (AvgIpc) is 2.37. The molecule has 5 heteroatoms. The lowest BCUT2D eigenvalue weighted by Crippen LogP contribution is -2.14. The van der Waals surface area contributed by atoms with Gasteiger partial charge in [-0.3, -0.25) is 0 Å². The van der Waals surface area contributed by atoms with Gasteiger partial charge in [-0.15, -0.1) is 0 Å². The molecule has 2 rings (SSSR count). The van der Waals surface area contributed by atoms with Gasteiger partial charge in [-0.2, -0.15) is 4.98 Å². The second-order valence-corrected chi connectivity index (χ2v) is 4.26. The largest absolute Gasteiger partial charge is 0.354 e. The number of hydrogen-bond acceptors (Lipinski definition) is 4. The fourth-order valence-corrected chi connectivity index (χ4v) is 1.78. The van der Waals surface area contributed by atoms with Crippen molar-refractivity contribution in [2.45, 2.75) is 13.8 Å². The van der Waals surface area contributed by atoms with E-state index in [4.69, 9.17) is 0 Å². The monoisotopic (exact) mass is 260 g/mol. The van der Waals surface area contributed by atoms with E-state index >= 15 is 0 Å². The van der Waals surface area contributed by atoms with Crippen molar-refractivity contribution in [2.75, 3.05) is 23.8 Å². The number of aromatic nitrogens is 2. The van der Waals surface area contributed by atoms with Gasteiger partial charge in [0, 0.05) is 31.0 Å². The molecule has 19 heavy (non-hydrogen) atoms. The number of aryl methyl sites for hydroxylation is 1. The Hall–Kier alpha value is -2.17. The topological polar surface area (TPSA) is 41.1 Å². The SMILES string of the molecule is CCNc1nc(C)cc(N(C)c2cccc(F)c2)n1. The van der Waals surface area contributed by atoms with Gasteiger partial charge in [-0.05, 0) is 32.0 Å². The van der Waals surface area contributed by atoms with Gasteiger partial charge < -0.3 is 10.2 Å². The lowest BCUT2D eigenvalue weighted by atomic mass is 10.3. The van der Waals surface area contributed by atoms with Crippen LogP contribution in [0.15, 0.2) is 30.3 Å². The molecule has 1 heterocycles. The summed E-state index contributed by atoms with van der Waals surface area (Å²) in [6, 6.07) is 8.29. The molecule has 1 aromatic heterocycles. The first-order valence-electron chi connectivity index (χ1n) is 6.19. The highest BCUT2D eigenvalue weighted by molar-refractivity contribution is 5.60. The van der Waals surface area contributed by atoms with E-state index in [1.807, 2.05) is 37.9 Å². The number of anilines is 3. The molecule has 2 aromatic rings. The molecule has 100 valence electrons. The Morgan fingerprint density at radius 2 is 2.05 bits per heavy atom. The minimum Gasteiger partial charge on any atom is -0.354 e. The molecule has 0 bridgehead atoms. The third-order valence-corrected chi connectivity index (χ3v) is 2.71. The predicted molar refractivity (Wildman–Crippen MR) is 75.4 cm³/mol. The minimum absolute atomic E-state index is 0.262. The zero-order valence-corrected chi connectivity index (χ0v) is 11.3. The summed E-state index contributed by atoms with van der Waals surface area (Å²) in [6.45, 7) is 4.65. The lowest BCUT2D eigenvalue weighted by Gasteiger charge is -2.19. The molecular weight excluding hydrogens is 243 g/mol. The van der Waals surface area contributed by atoms with Crippen LogP contribution in [0.1, 0.15) is 12.6 Å². The summed E-state index contributed by atoms with van der Waals surface area (Å²) in [5.41, 5.74) is 1.62. The molecule has 1 N–H and O–H groups in total. The standard InChI is InChI=1S/C14H17FN4/c1-4-16-14-17-10(2)8-13(18-14)19(3)12-7-5-6-11(15)9-12/h5-9H,4H2,1-3H3,(H,16,17,18). The van der Waals surface area contributed by atoms with Gasteiger partial charge in [0.2, 0.25) is 5.95 Å². The number of nitrogens with one attached hydrogen (secondary N) is 1. The molecule has 0 aliphatic heterocycles. The highest BCUT2D eigenvalue weighted by Crippen LogP contribution is 2.23. The molecule has 1 aromatic carbocycles. The van der Waals surface area contributed by atoms with Gasteiger partial charge in [0.1, 0.15) is 11.6 Å². The number of hydrogen-bond donors (Lipinski definition) is 1. The third-order valence-electron chi connectivity index (χ3n) is 2.71. The first-order valence-corrected chi connectivity index (χ1v) is 6.19. The van der Waals surface area contributed by atoms with Crippen LogP contribution in [-0.4, -0.2) is 23.6 Å². The smallest absolute Gasteiger partial charge is 0.224 e. The van der Waals surface area contributed by atoms with E-state index in [1.165, 1.54) is 12.1 Å². The Morgan fingerprint density at radius 1 is 1.26 bits per heavy atom. The summed E-state index contributed by atoms with van der Waals surface area (Å²) in [5, 5.41) is 3.08. The van der Waals surface area contributed by atoms with Gasteiger partial charge in [0.05, 0.1) is 0 Å². The van der Waals surface area contributed by atoms with Crippen LogP contribution in [0.5, 0.6) is 0 Å². The normalized spacial score (nSPS) is 10.3. The number of nitrogens with zero attached hydrogens (tertiary/aromatic N) is 3. The summed E-state index contributed by atoms with van der Waals surface area (Å²) >= 11 is 0. The third kappa shape index (κ3) is 3.19. The van der Waals surface area contributed by atoms with Gasteiger partial charge >= 0.3 is 0 Å². The Kier molecular flexibility index (Phi) is 3.94. The lowest BCUT2D eigenvalue weighted by molar-refractivity contribution is 0.628. The summed E-state index contributed by atoms with van der Waals surface area (Å²) in [7, 11) is 1.85. The molecule has 4 nitrogen and oxygen atoms in total. The molecule has 0 radical (unpaired) electrons. The van der Waals surface area contributed by atoms with Crippen LogP contribution >= 0.6 is 0 Å². The van der Waals surface area contributed by atoms with Gasteiger partial charge in [0.25, 0.3) is 0 Å². The van der Waals surface area contributed by atoms with E-state index in [0.717, 1.165) is 23.7 Å². The average molecular weight is 260 g/mol. The quantitative estimate of drug-likeness (QED) is 0.917. The Morgan fingerprint density at radius 3 is 2.74 bits per heavy atom. The first kappa shape index (κ1) is 13.3. The Labute approximate surface area is 112 Å². The van der Waals surface area contributed by atoms with E-state index < -0.39 is 0 Å². The number of halogens is 1. The first-order chi connectivity index (χ1) is 9.10. The number of rotatable bonds is 4. The van der Waals surface area contributed by atoms with Gasteiger partial charge in [-0.25, -0.2) is 9.37 Å². The van der Waals surface area contributed by atoms with E-state index in [0.29, 0.717) is 5.95 Å². The van der Waals surface area contributed by atoms with Gasteiger partial charge in [-0.1, -0.05) is 6.07 Å². The molecule has 0 unspecified atom stereocenters. The van der Waals surface area contributed by atoms with E-state index in [1.54, 1.807) is 6.07 Å². The fourth-order valence-electron chi connectivity index (χ4n) is 1.78. The second kappa shape index (κ2) is 5.65. The van der Waals surface area contributed by atoms with Crippen LogP contribution in [0.4, 0.5) is 21.8 Å². The van der Waals surface area contributed by atoms with Crippen molar-refractivity contribution in [3.8, 4) is 0 Å². The molecule has 0 saturated carbocycles. The highest BCUT2D eigenvalue weighted by atomic mass is 19.1. The van der Waals surface area contributed by atoms with Crippen LogP contribution in [0.25, 0.3) is 0 Å². The molecule has 0 aliphatic rings. The molecule has 0 aliphatic carbocycles. The molecular formula is C14H17FN4. The van der Waals surface area contributed by atoms with Crippen molar-refractivity contribution in [3.63, 3.8) is 0 Å². The summed E-state index contributed by atoms with van der Waals surface area (Å²) in [6.07, 6.45) is 0. The molecule has 0 saturated heterocycles. The van der Waals surface area contributed by atoms with Crippen molar-refractivity contribution in [3.05, 3.63) is 41.8 Å². The van der Waals surface area contributed by atoms with E-state index in [9.17, 15) is 4.39 Å². The van der Waals surface area contributed by atoms with Crippen molar-refractivity contribution in [1.82, 2.24) is 9.97 Å². The van der Waals surface area contributed by atoms with Crippen molar-refractivity contribution >= 4 is 17.5 Å². The van der Waals surface area contributed by atoms with Crippen LogP contribution < -0.4 is 10.2 Å². The van der Waals surface area contributed by atoms with Crippen molar-refractivity contribution in [2.24, 2.45) is 0 Å². The minimum atomic E-state index is -0.262. The Bertz CT molecular complexity index is 571. The van der Waals surface area contributed by atoms with Crippen LogP contribution in [0, 0.1) is 12.7 Å². The maximum Gasteiger partial charge on any atom is 0.224 e. The predicted octanol–water partition coefficient (Wildman–Crippen LogP) is 3.12. The van der Waals surface area contributed by atoms with E-state index in [-0.39, 0.29) is 5.82 Å². The maximum absolute atomic E-state index is 13.3. The van der Waals surface area contributed by atoms with Crippen LogP contribution in [0.3, 0.4) is 0 Å². The molecule has 0 amide bonds. The second-order valence-electron chi connectivity index (χ2n) is 4.26. The Balaban J connectivity index is 2.35. The van der Waals surface area contributed by atoms with Crippen LogP contribution in [0.2, 0.25) is 0 Å². The van der Waals surface area contributed by atoms with Crippen LogP contribution in [-0.2, 0) is 0 Å². The highest BCUT2D eigenvalue weighted by Gasteiger charge is 2.09. The fraction of sp³-hybridized carbons (Fsp3) is 0.286. The summed E-state index contributed by atoms with van der Waals surface area (Å²) in [4.78, 5) is 10.5. The van der Waals surface area contributed by atoms with Crippen molar-refractivity contribution in [1.29, 1.82) is 0 Å². The maximum atomic E-state index is 13.3. The zero-order valence-electron chi connectivity index (χ0n) is 11.3. The molecule has 0 spiro atoms. The van der Waals surface area contributed by atoms with Gasteiger partial charge in [0.15, 0.2) is 0 Å². The van der Waals surface area contributed by atoms with Crippen molar-refractivity contribution < 1.29 is 4.39 Å². The summed E-state index contributed by atoms with van der Waals surface area (Å²) in [5.74, 6) is 1.05. The number of benzene rings is 1.